The van der Waals surface area contributed by atoms with E-state index in [9.17, 15) is 4.79 Å². The molecule has 1 aromatic carbocycles. The van der Waals surface area contributed by atoms with E-state index in [1.54, 1.807) is 24.3 Å². The van der Waals surface area contributed by atoms with Crippen molar-refractivity contribution < 1.29 is 4.79 Å². The molecule has 0 fully saturated rings. The first-order valence-corrected chi connectivity index (χ1v) is 5.61. The van der Waals surface area contributed by atoms with Crippen molar-refractivity contribution in [3.8, 4) is 0 Å². The smallest absolute Gasteiger partial charge is 0.251 e. The van der Waals surface area contributed by atoms with Crippen molar-refractivity contribution >= 4 is 11.6 Å². The van der Waals surface area contributed by atoms with Crippen LogP contribution >= 0.6 is 0 Å². The van der Waals surface area contributed by atoms with Gasteiger partial charge >= 0.3 is 0 Å². The highest BCUT2D eigenvalue weighted by Crippen LogP contribution is 2.11. The summed E-state index contributed by atoms with van der Waals surface area (Å²) in [7, 11) is 0. The Hall–Kier alpha value is -2.43. The maximum atomic E-state index is 11.7. The Kier molecular flexibility index (Phi) is 4.80. The van der Waals surface area contributed by atoms with Crippen LogP contribution in [0.2, 0.25) is 0 Å². The Bertz CT molecular complexity index is 488. The van der Waals surface area contributed by atoms with E-state index in [1.165, 1.54) is 6.08 Å². The molecular formula is C13H18N4O. The summed E-state index contributed by atoms with van der Waals surface area (Å²) in [5.74, 6) is 0.0545. The molecule has 5 nitrogen and oxygen atoms in total. The van der Waals surface area contributed by atoms with Gasteiger partial charge in [-0.15, -0.1) is 0 Å². The molecule has 0 unspecified atom stereocenters. The number of benzene rings is 1. The number of hydrogen-bond donors (Lipinski definition) is 4. The molecule has 1 rings (SSSR count). The highest BCUT2D eigenvalue weighted by Gasteiger charge is 2.05. The summed E-state index contributed by atoms with van der Waals surface area (Å²) in [6.45, 7) is 2.45. The van der Waals surface area contributed by atoms with Crippen LogP contribution in [0.3, 0.4) is 0 Å². The lowest BCUT2D eigenvalue weighted by molar-refractivity contribution is 0.0956. The second kappa shape index (κ2) is 6.34. The molecule has 0 aromatic heterocycles. The monoisotopic (exact) mass is 246 g/mol. The van der Waals surface area contributed by atoms with Gasteiger partial charge in [-0.1, -0.05) is 12.1 Å². The fraction of sp³-hybridized carbons (Fsp3) is 0.154. The molecule has 0 spiro atoms. The van der Waals surface area contributed by atoms with Crippen LogP contribution in [-0.4, -0.2) is 12.5 Å². The Morgan fingerprint density at radius 3 is 2.50 bits per heavy atom. The molecule has 7 N–H and O–H groups in total. The highest BCUT2D eigenvalue weighted by molar-refractivity contribution is 5.95. The molecule has 0 aliphatic heterocycles. The molecule has 0 saturated carbocycles. The van der Waals surface area contributed by atoms with Gasteiger partial charge in [-0.3, -0.25) is 4.79 Å². The Morgan fingerprint density at radius 2 is 1.89 bits per heavy atom. The van der Waals surface area contributed by atoms with Crippen LogP contribution in [0.5, 0.6) is 0 Å². The van der Waals surface area contributed by atoms with Crippen LogP contribution in [0.4, 0.5) is 0 Å². The standard InChI is InChI=1S/C13H18N4O/c1-2-17-13(18)10-5-3-4-9(8-10)11(14)6-7-12(15)16/h3-8H,2,14-16H2,1H3,(H,17,18)/b11-6-. The molecule has 0 heterocycles. The number of hydrogen-bond acceptors (Lipinski definition) is 4. The molecule has 96 valence electrons. The molecule has 1 amide bonds. The largest absolute Gasteiger partial charge is 0.398 e. The predicted molar refractivity (Wildman–Crippen MR) is 73.1 cm³/mol. The average molecular weight is 246 g/mol. The zero-order valence-electron chi connectivity index (χ0n) is 10.3. The maximum Gasteiger partial charge on any atom is 0.251 e. The molecule has 0 aliphatic rings. The summed E-state index contributed by atoms with van der Waals surface area (Å²) in [6, 6.07) is 7.04. The second-order valence-corrected chi connectivity index (χ2v) is 3.73. The van der Waals surface area contributed by atoms with Crippen molar-refractivity contribution in [2.45, 2.75) is 6.92 Å². The summed E-state index contributed by atoms with van der Waals surface area (Å²) in [5, 5.41) is 2.73. The minimum atomic E-state index is -0.124. The lowest BCUT2D eigenvalue weighted by Crippen LogP contribution is -2.22. The number of allylic oxidation sites excluding steroid dienone is 2. The Morgan fingerprint density at radius 1 is 1.22 bits per heavy atom. The van der Waals surface area contributed by atoms with E-state index in [-0.39, 0.29) is 11.7 Å². The van der Waals surface area contributed by atoms with Crippen LogP contribution in [0, 0.1) is 0 Å². The van der Waals surface area contributed by atoms with E-state index in [4.69, 9.17) is 17.2 Å². The molecule has 0 radical (unpaired) electrons. The van der Waals surface area contributed by atoms with Gasteiger partial charge in [0.05, 0.1) is 5.82 Å². The number of carbonyl (C=O) groups is 1. The normalized spacial score (nSPS) is 10.8. The van der Waals surface area contributed by atoms with E-state index in [0.717, 1.165) is 5.56 Å². The van der Waals surface area contributed by atoms with E-state index in [2.05, 4.69) is 5.32 Å². The van der Waals surface area contributed by atoms with Crippen LogP contribution in [-0.2, 0) is 0 Å². The molecule has 1 aromatic rings. The number of amides is 1. The zero-order chi connectivity index (χ0) is 13.5. The van der Waals surface area contributed by atoms with Crippen molar-refractivity contribution in [2.24, 2.45) is 17.2 Å². The van der Waals surface area contributed by atoms with Crippen LogP contribution in [0.15, 0.2) is 42.2 Å². The Labute approximate surface area is 106 Å². The van der Waals surface area contributed by atoms with Crippen LogP contribution < -0.4 is 22.5 Å². The average Bonchev–Trinajstić information content (AvgIpc) is 2.36. The molecule has 0 bridgehead atoms. The van der Waals surface area contributed by atoms with Gasteiger partial charge in [0.1, 0.15) is 0 Å². The van der Waals surface area contributed by atoms with Gasteiger partial charge in [0.2, 0.25) is 0 Å². The van der Waals surface area contributed by atoms with E-state index in [1.807, 2.05) is 13.0 Å². The molecule has 0 saturated heterocycles. The van der Waals surface area contributed by atoms with E-state index < -0.39 is 0 Å². The summed E-state index contributed by atoms with van der Waals surface area (Å²) >= 11 is 0. The highest BCUT2D eigenvalue weighted by atomic mass is 16.1. The lowest BCUT2D eigenvalue weighted by Gasteiger charge is -2.05. The molecule has 0 atom stereocenters. The number of rotatable bonds is 4. The van der Waals surface area contributed by atoms with Gasteiger partial charge in [0.25, 0.3) is 5.91 Å². The first-order valence-electron chi connectivity index (χ1n) is 5.61. The fourth-order valence-electron chi connectivity index (χ4n) is 1.38. The number of carbonyl (C=O) groups excluding carboxylic acids is 1. The fourth-order valence-corrected chi connectivity index (χ4v) is 1.38. The summed E-state index contributed by atoms with van der Waals surface area (Å²) in [6.07, 6.45) is 3.11. The van der Waals surface area contributed by atoms with Crippen LogP contribution in [0.25, 0.3) is 5.70 Å². The molecule has 18 heavy (non-hydrogen) atoms. The van der Waals surface area contributed by atoms with E-state index >= 15 is 0 Å². The van der Waals surface area contributed by atoms with Crippen LogP contribution in [0.1, 0.15) is 22.8 Å². The minimum absolute atomic E-state index is 0.124. The van der Waals surface area contributed by atoms with E-state index in [0.29, 0.717) is 17.8 Å². The van der Waals surface area contributed by atoms with Gasteiger partial charge in [-0.25, -0.2) is 0 Å². The minimum Gasteiger partial charge on any atom is -0.398 e. The SMILES string of the molecule is CCNC(=O)c1cccc(/C(N)=C/C=C(N)N)c1. The third-order valence-corrected chi connectivity index (χ3v) is 2.25. The van der Waals surface area contributed by atoms with Crippen molar-refractivity contribution in [3.63, 3.8) is 0 Å². The maximum absolute atomic E-state index is 11.7. The lowest BCUT2D eigenvalue weighted by atomic mass is 10.1. The summed E-state index contributed by atoms with van der Waals surface area (Å²) in [5.41, 5.74) is 18.3. The number of nitrogens with two attached hydrogens (primary N) is 3. The zero-order valence-corrected chi connectivity index (χ0v) is 10.3. The Balaban J connectivity index is 2.98. The molecule has 0 aliphatic carbocycles. The van der Waals surface area contributed by atoms with Gasteiger partial charge in [0.15, 0.2) is 0 Å². The molecular weight excluding hydrogens is 228 g/mol. The third-order valence-electron chi connectivity index (χ3n) is 2.25. The third kappa shape index (κ3) is 3.86. The molecule has 5 heteroatoms. The van der Waals surface area contributed by atoms with Gasteiger partial charge in [-0.2, -0.15) is 0 Å². The van der Waals surface area contributed by atoms with Crippen molar-refractivity contribution in [1.29, 1.82) is 0 Å². The number of nitrogens with one attached hydrogen (secondary N) is 1. The predicted octanol–water partition coefficient (Wildman–Crippen LogP) is 0.495. The quantitative estimate of drug-likeness (QED) is 0.580. The van der Waals surface area contributed by atoms with Crippen molar-refractivity contribution in [2.75, 3.05) is 6.54 Å². The summed E-state index contributed by atoms with van der Waals surface area (Å²) < 4.78 is 0. The first kappa shape index (κ1) is 13.6. The first-order chi connectivity index (χ1) is 8.54. The second-order valence-electron chi connectivity index (χ2n) is 3.73. The van der Waals surface area contributed by atoms with Crippen molar-refractivity contribution in [3.05, 3.63) is 53.4 Å². The van der Waals surface area contributed by atoms with Crippen molar-refractivity contribution in [1.82, 2.24) is 5.32 Å². The summed E-state index contributed by atoms with van der Waals surface area (Å²) in [4.78, 5) is 11.7. The van der Waals surface area contributed by atoms with Gasteiger partial charge in [-0.05, 0) is 36.8 Å². The van der Waals surface area contributed by atoms with Gasteiger partial charge < -0.3 is 22.5 Å². The van der Waals surface area contributed by atoms with Gasteiger partial charge in [0, 0.05) is 17.8 Å². The topological polar surface area (TPSA) is 107 Å².